The molecule has 0 bridgehead atoms. The van der Waals surface area contributed by atoms with Gasteiger partial charge in [0.15, 0.2) is 0 Å². The third-order valence-electron chi connectivity index (χ3n) is 2.82. The van der Waals surface area contributed by atoms with Crippen LogP contribution in [0.5, 0.6) is 0 Å². The lowest BCUT2D eigenvalue weighted by molar-refractivity contribution is -0.147. The molecule has 20 heavy (non-hydrogen) atoms. The second-order valence-electron chi connectivity index (χ2n) is 4.21. The number of nitrogens with zero attached hydrogens (tertiary/aromatic N) is 1. The van der Waals surface area contributed by atoms with Gasteiger partial charge in [-0.25, -0.2) is 9.18 Å². The first kappa shape index (κ1) is 15.6. The largest absolute Gasteiger partial charge is 0.480 e. The summed E-state index contributed by atoms with van der Waals surface area (Å²) in [5.74, 6) is -2.85. The van der Waals surface area contributed by atoms with Crippen LogP contribution in [0.3, 0.4) is 0 Å². The van der Waals surface area contributed by atoms with Crippen LogP contribution in [0.2, 0.25) is 0 Å². The number of benzene rings is 1. The second-order valence-corrected chi connectivity index (χ2v) is 4.21. The Morgan fingerprint density at radius 2 is 2.05 bits per heavy atom. The van der Waals surface area contributed by atoms with Crippen molar-refractivity contribution in [2.75, 3.05) is 13.6 Å². The summed E-state index contributed by atoms with van der Waals surface area (Å²) in [4.78, 5) is 35.1. The van der Waals surface area contributed by atoms with Gasteiger partial charge in [0.05, 0.1) is 6.54 Å². The highest BCUT2D eigenvalue weighted by Gasteiger charge is 2.21. The van der Waals surface area contributed by atoms with Crippen molar-refractivity contribution in [3.63, 3.8) is 0 Å². The molecule has 0 heterocycles. The summed E-state index contributed by atoms with van der Waals surface area (Å²) in [6, 6.07) is 4.04. The number of aliphatic carboxylic acids is 1. The number of hydrogen-bond donors (Lipinski definition) is 2. The molecule has 7 heteroatoms. The van der Waals surface area contributed by atoms with Crippen molar-refractivity contribution in [1.29, 1.82) is 0 Å². The highest BCUT2D eigenvalue weighted by molar-refractivity contribution is 5.96. The molecule has 0 saturated heterocycles. The molecule has 0 aliphatic carbocycles. The number of likely N-dealkylation sites (N-methyl/N-ethyl adjacent to an activating group) is 1. The van der Waals surface area contributed by atoms with Crippen molar-refractivity contribution in [1.82, 2.24) is 10.2 Å². The topological polar surface area (TPSA) is 86.7 Å². The van der Waals surface area contributed by atoms with Crippen molar-refractivity contribution >= 4 is 17.8 Å². The number of carboxylic acid groups (broad SMARTS) is 1. The van der Waals surface area contributed by atoms with Crippen molar-refractivity contribution < 1.29 is 23.9 Å². The van der Waals surface area contributed by atoms with Gasteiger partial charge >= 0.3 is 5.97 Å². The van der Waals surface area contributed by atoms with E-state index in [4.69, 9.17) is 5.11 Å². The summed E-state index contributed by atoms with van der Waals surface area (Å²) >= 11 is 0. The van der Waals surface area contributed by atoms with Gasteiger partial charge in [-0.1, -0.05) is 6.07 Å². The molecule has 1 aromatic carbocycles. The number of nitrogens with one attached hydrogen (secondary N) is 1. The van der Waals surface area contributed by atoms with Crippen LogP contribution in [0, 0.1) is 5.82 Å². The molecule has 0 aromatic heterocycles. The maximum atomic E-state index is 12.9. The van der Waals surface area contributed by atoms with E-state index in [1.54, 1.807) is 0 Å². The maximum absolute atomic E-state index is 12.9. The maximum Gasteiger partial charge on any atom is 0.326 e. The zero-order valence-corrected chi connectivity index (χ0v) is 11.1. The molecule has 1 rings (SSSR count). The predicted molar refractivity (Wildman–Crippen MR) is 68.6 cm³/mol. The Kier molecular flexibility index (Phi) is 5.19. The number of hydrogen-bond acceptors (Lipinski definition) is 3. The van der Waals surface area contributed by atoms with Crippen molar-refractivity contribution in [2.24, 2.45) is 0 Å². The Morgan fingerprint density at radius 3 is 2.60 bits per heavy atom. The minimum atomic E-state index is -1.14. The number of carbonyl (C=O) groups excluding carboxylic acids is 2. The van der Waals surface area contributed by atoms with Gasteiger partial charge in [0.25, 0.3) is 5.91 Å². The molecule has 6 nitrogen and oxygen atoms in total. The van der Waals surface area contributed by atoms with Crippen LogP contribution in [-0.4, -0.2) is 47.4 Å². The third kappa shape index (κ3) is 4.04. The molecule has 2 N–H and O–H groups in total. The van der Waals surface area contributed by atoms with Gasteiger partial charge in [-0.3, -0.25) is 9.59 Å². The third-order valence-corrected chi connectivity index (χ3v) is 2.82. The van der Waals surface area contributed by atoms with E-state index in [0.29, 0.717) is 0 Å². The van der Waals surface area contributed by atoms with Gasteiger partial charge in [0.2, 0.25) is 5.91 Å². The molecule has 0 spiro atoms. The van der Waals surface area contributed by atoms with E-state index in [-0.39, 0.29) is 12.1 Å². The molecule has 1 aromatic rings. The van der Waals surface area contributed by atoms with Gasteiger partial charge in [0, 0.05) is 12.6 Å². The fourth-order valence-electron chi connectivity index (χ4n) is 1.39. The molecule has 1 atom stereocenters. The predicted octanol–water partition coefficient (Wildman–Crippen LogP) is 0.487. The number of carboxylic acids is 1. The summed E-state index contributed by atoms with van der Waals surface area (Å²) in [6.45, 7) is 0.998. The van der Waals surface area contributed by atoms with Gasteiger partial charge in [-0.2, -0.15) is 0 Å². The highest BCUT2D eigenvalue weighted by atomic mass is 19.1. The van der Waals surface area contributed by atoms with Crippen LogP contribution in [0.25, 0.3) is 0 Å². The van der Waals surface area contributed by atoms with E-state index in [0.717, 1.165) is 11.0 Å². The van der Waals surface area contributed by atoms with Crippen LogP contribution < -0.4 is 5.32 Å². The van der Waals surface area contributed by atoms with Crippen LogP contribution in [-0.2, 0) is 9.59 Å². The van der Waals surface area contributed by atoms with E-state index >= 15 is 0 Å². The van der Waals surface area contributed by atoms with E-state index in [1.165, 1.54) is 32.2 Å². The summed E-state index contributed by atoms with van der Waals surface area (Å²) in [5, 5.41) is 11.1. The second kappa shape index (κ2) is 6.65. The monoisotopic (exact) mass is 282 g/mol. The smallest absolute Gasteiger partial charge is 0.326 e. The Bertz CT molecular complexity index is 533. The van der Waals surface area contributed by atoms with Crippen molar-refractivity contribution in [2.45, 2.75) is 13.0 Å². The van der Waals surface area contributed by atoms with E-state index in [2.05, 4.69) is 5.32 Å². The average Bonchev–Trinajstić information content (AvgIpc) is 2.42. The lowest BCUT2D eigenvalue weighted by atomic mass is 10.2. The number of rotatable bonds is 5. The number of amides is 2. The lowest BCUT2D eigenvalue weighted by Gasteiger charge is -2.21. The molecule has 0 radical (unpaired) electrons. The Morgan fingerprint density at radius 1 is 1.40 bits per heavy atom. The van der Waals surface area contributed by atoms with Crippen molar-refractivity contribution in [3.05, 3.63) is 35.6 Å². The van der Waals surface area contributed by atoms with Gasteiger partial charge in [0.1, 0.15) is 11.9 Å². The van der Waals surface area contributed by atoms with Gasteiger partial charge in [-0.05, 0) is 25.1 Å². The van der Waals surface area contributed by atoms with Crippen LogP contribution in [0.1, 0.15) is 17.3 Å². The van der Waals surface area contributed by atoms with E-state index in [9.17, 15) is 18.8 Å². The quantitative estimate of drug-likeness (QED) is 0.822. The fraction of sp³-hybridized carbons (Fsp3) is 0.308. The van der Waals surface area contributed by atoms with Gasteiger partial charge in [-0.15, -0.1) is 0 Å². The minimum Gasteiger partial charge on any atom is -0.480 e. The SMILES string of the molecule is CC(C(=O)O)N(C)C(=O)CNC(=O)c1cccc(F)c1. The summed E-state index contributed by atoms with van der Waals surface area (Å²) in [7, 11) is 1.33. The zero-order valence-electron chi connectivity index (χ0n) is 11.1. The molecular formula is C13H15FN2O4. The van der Waals surface area contributed by atoms with Crippen LogP contribution in [0.15, 0.2) is 24.3 Å². The Hall–Kier alpha value is -2.44. The molecule has 1 unspecified atom stereocenters. The average molecular weight is 282 g/mol. The van der Waals surface area contributed by atoms with E-state index < -0.39 is 29.6 Å². The highest BCUT2D eigenvalue weighted by Crippen LogP contribution is 2.03. The Balaban J connectivity index is 2.57. The Labute approximate surface area is 115 Å². The first-order valence-electron chi connectivity index (χ1n) is 5.85. The molecule has 0 saturated carbocycles. The lowest BCUT2D eigenvalue weighted by Crippen LogP contribution is -2.45. The van der Waals surface area contributed by atoms with E-state index in [1.807, 2.05) is 0 Å². The van der Waals surface area contributed by atoms with Crippen LogP contribution in [0.4, 0.5) is 4.39 Å². The summed E-state index contributed by atoms with van der Waals surface area (Å²) in [6.07, 6.45) is 0. The first-order chi connectivity index (χ1) is 9.32. The standard InChI is InChI=1S/C13H15FN2O4/c1-8(13(19)20)16(2)11(17)7-15-12(18)9-4-3-5-10(14)6-9/h3-6,8H,7H2,1-2H3,(H,15,18)(H,19,20). The molecule has 108 valence electrons. The summed E-state index contributed by atoms with van der Waals surface area (Å²) < 4.78 is 12.9. The molecule has 0 aliphatic rings. The van der Waals surface area contributed by atoms with Crippen LogP contribution >= 0.6 is 0 Å². The molecule has 0 fully saturated rings. The summed E-state index contributed by atoms with van der Waals surface area (Å²) in [5.41, 5.74) is 0.0896. The first-order valence-corrected chi connectivity index (χ1v) is 5.85. The zero-order chi connectivity index (χ0) is 15.3. The molecular weight excluding hydrogens is 267 g/mol. The molecule has 2 amide bonds. The molecule has 0 aliphatic heterocycles. The normalized spacial score (nSPS) is 11.6. The number of carbonyl (C=O) groups is 3. The minimum absolute atomic E-state index is 0.0896. The van der Waals surface area contributed by atoms with Gasteiger partial charge < -0.3 is 15.3 Å². The van der Waals surface area contributed by atoms with Crippen molar-refractivity contribution in [3.8, 4) is 0 Å². The number of halogens is 1. The fourth-order valence-corrected chi connectivity index (χ4v) is 1.39.